The van der Waals surface area contributed by atoms with Gasteiger partial charge in [-0.05, 0) is 78.8 Å². The highest BCUT2D eigenvalue weighted by Crippen LogP contribution is 2.41. The minimum atomic E-state index is -0.838. The molecule has 3 aromatic rings. The van der Waals surface area contributed by atoms with E-state index >= 15 is 0 Å². The van der Waals surface area contributed by atoms with Gasteiger partial charge < -0.3 is 19.6 Å². The summed E-state index contributed by atoms with van der Waals surface area (Å²) in [6.45, 7) is 6.90. The number of para-hydroxylation sites is 1. The summed E-state index contributed by atoms with van der Waals surface area (Å²) in [7, 11) is 0. The van der Waals surface area contributed by atoms with Gasteiger partial charge >= 0.3 is 17.9 Å². The van der Waals surface area contributed by atoms with Crippen LogP contribution in [0, 0.1) is 0 Å². The number of fused-ring (bicyclic) bond motifs is 1. The molecule has 0 aliphatic carbocycles. The molecule has 45 heavy (non-hydrogen) atoms. The van der Waals surface area contributed by atoms with E-state index in [1.807, 2.05) is 10.8 Å². The fraction of sp³-hybridized carbons (Fsp3) is 0.207. The van der Waals surface area contributed by atoms with Crippen LogP contribution < -0.4 is 10.2 Å². The van der Waals surface area contributed by atoms with Crippen molar-refractivity contribution in [2.24, 2.45) is 0 Å². The normalized spacial score (nSPS) is 13.5. The van der Waals surface area contributed by atoms with Crippen molar-refractivity contribution in [3.63, 3.8) is 0 Å². The van der Waals surface area contributed by atoms with Crippen molar-refractivity contribution in [3.05, 3.63) is 89.9 Å². The van der Waals surface area contributed by atoms with Crippen molar-refractivity contribution >= 4 is 87.7 Å². The molecule has 0 saturated heterocycles. The molecule has 0 bridgehead atoms. The predicted molar refractivity (Wildman–Crippen MR) is 177 cm³/mol. The Bertz CT molecular complexity index is 1680. The molecule has 12 nitrogen and oxygen atoms in total. The van der Waals surface area contributed by atoms with Gasteiger partial charge in [-0.25, -0.2) is 19.4 Å². The molecule has 1 amide bonds. The molecule has 5 rings (SSSR count). The van der Waals surface area contributed by atoms with Crippen molar-refractivity contribution in [1.29, 1.82) is 0 Å². The van der Waals surface area contributed by atoms with Crippen molar-refractivity contribution in [1.82, 2.24) is 20.1 Å². The molecule has 0 atom stereocenters. The molecule has 2 aliphatic rings. The van der Waals surface area contributed by atoms with E-state index in [-0.39, 0.29) is 23.4 Å². The molecule has 2 aliphatic heterocycles. The predicted octanol–water partition coefficient (Wildman–Crippen LogP) is 5.64. The first-order valence-corrected chi connectivity index (χ1v) is 16.8. The topological polar surface area (TPSA) is 152 Å². The van der Waals surface area contributed by atoms with Gasteiger partial charge in [-0.3, -0.25) is 4.79 Å². The molecule has 1 aromatic carbocycles. The standard InChI is InChI=1S/C15H13N3O4S2.C14H14N2O3S2/c1-9(2)21-13(19)12(15-23-7-8-24-15)14(20)22-18-11-6-4-3-5-10(11)16-17-18;1-9(2)19-13(18)11(14-20-7-8-21-14)12(17)16-10-5-3-4-6-15-10/h3-9H,1-2H3;3-9H,1-2H3,(H,15,16,17). The van der Waals surface area contributed by atoms with Gasteiger partial charge in [-0.2, -0.15) is 0 Å². The van der Waals surface area contributed by atoms with Crippen LogP contribution in [0.5, 0.6) is 0 Å². The number of pyridine rings is 1. The van der Waals surface area contributed by atoms with E-state index in [0.717, 1.165) is 4.85 Å². The SMILES string of the molecule is CC(C)OC(=O)C(C(=O)Nc1ccccn1)=C1SC=CS1.CC(C)OC(=O)C(C(=O)On1nnc2ccccc21)=C1SC=CS1. The molecule has 0 radical (unpaired) electrons. The Morgan fingerprint density at radius 1 is 0.733 bits per heavy atom. The minimum absolute atomic E-state index is 0.00866. The van der Waals surface area contributed by atoms with Crippen molar-refractivity contribution in [2.45, 2.75) is 39.9 Å². The molecular weight excluding hydrogens is 659 g/mol. The number of aromatic nitrogens is 4. The van der Waals surface area contributed by atoms with Crippen LogP contribution in [0.1, 0.15) is 27.7 Å². The molecule has 0 spiro atoms. The zero-order valence-corrected chi connectivity index (χ0v) is 27.6. The van der Waals surface area contributed by atoms with Crippen LogP contribution >= 0.6 is 47.0 Å². The second kappa shape index (κ2) is 16.4. The quantitative estimate of drug-likeness (QED) is 0.102. The van der Waals surface area contributed by atoms with Crippen LogP contribution in [0.2, 0.25) is 0 Å². The van der Waals surface area contributed by atoms with Gasteiger partial charge in [0.2, 0.25) is 0 Å². The number of hydrogen-bond acceptors (Lipinski definition) is 14. The molecular formula is C29H27N5O7S4. The van der Waals surface area contributed by atoms with E-state index < -0.39 is 23.8 Å². The Balaban J connectivity index is 0.000000207. The Kier molecular flexibility index (Phi) is 12.3. The third-order valence-corrected chi connectivity index (χ3v) is 9.40. The van der Waals surface area contributed by atoms with E-state index in [1.54, 1.807) is 87.2 Å². The number of ether oxygens (including phenoxy) is 2. The zero-order chi connectivity index (χ0) is 32.3. The molecule has 2 aromatic heterocycles. The Labute approximate surface area is 275 Å². The lowest BCUT2D eigenvalue weighted by Gasteiger charge is -2.12. The largest absolute Gasteiger partial charge is 0.459 e. The Hall–Kier alpha value is -3.99. The average Bonchev–Trinajstić information content (AvgIpc) is 3.78. The first-order valence-electron chi connectivity index (χ1n) is 13.3. The smallest absolute Gasteiger partial charge is 0.374 e. The maximum atomic E-state index is 12.5. The summed E-state index contributed by atoms with van der Waals surface area (Å²) in [6, 6.07) is 12.2. The molecule has 0 fully saturated rings. The number of carbonyl (C=O) groups excluding carboxylic acids is 4. The molecule has 1 N–H and O–H groups in total. The number of thioether (sulfide) groups is 4. The van der Waals surface area contributed by atoms with E-state index in [9.17, 15) is 19.2 Å². The van der Waals surface area contributed by atoms with Gasteiger partial charge in [0, 0.05) is 6.20 Å². The number of amides is 1. The number of esters is 2. The van der Waals surface area contributed by atoms with E-state index in [4.69, 9.17) is 14.3 Å². The van der Waals surface area contributed by atoms with Gasteiger partial charge in [-0.15, -0.1) is 5.10 Å². The van der Waals surface area contributed by atoms with Crippen LogP contribution in [0.4, 0.5) is 5.82 Å². The molecule has 0 unspecified atom stereocenters. The second-order valence-electron chi connectivity index (χ2n) is 9.25. The van der Waals surface area contributed by atoms with Gasteiger partial charge in [0.15, 0.2) is 5.57 Å². The number of carbonyl (C=O) groups is 4. The summed E-state index contributed by atoms with van der Waals surface area (Å²) in [4.78, 5) is 59.6. The highest BCUT2D eigenvalue weighted by atomic mass is 32.2. The van der Waals surface area contributed by atoms with Gasteiger partial charge in [0.1, 0.15) is 22.4 Å². The van der Waals surface area contributed by atoms with Gasteiger partial charge in [0.25, 0.3) is 5.91 Å². The second-order valence-corrected chi connectivity index (χ2v) is 13.4. The first-order chi connectivity index (χ1) is 21.6. The molecule has 4 heterocycles. The number of nitrogens with one attached hydrogen (secondary N) is 1. The third-order valence-electron chi connectivity index (χ3n) is 5.14. The van der Waals surface area contributed by atoms with Crippen molar-refractivity contribution < 1.29 is 33.5 Å². The van der Waals surface area contributed by atoms with Crippen molar-refractivity contribution in [2.75, 3.05) is 5.32 Å². The highest BCUT2D eigenvalue weighted by Gasteiger charge is 2.30. The third kappa shape index (κ3) is 9.50. The average molecular weight is 686 g/mol. The molecule has 0 saturated carbocycles. The van der Waals surface area contributed by atoms with E-state index in [1.165, 1.54) is 47.0 Å². The fourth-order valence-electron chi connectivity index (χ4n) is 3.37. The summed E-state index contributed by atoms with van der Waals surface area (Å²) in [5, 5.41) is 17.5. The number of rotatable bonds is 8. The van der Waals surface area contributed by atoms with Gasteiger partial charge in [-0.1, -0.05) is 70.1 Å². The lowest BCUT2D eigenvalue weighted by molar-refractivity contribution is -0.150. The minimum Gasteiger partial charge on any atom is -0.459 e. The lowest BCUT2D eigenvalue weighted by Crippen LogP contribution is -2.28. The number of anilines is 1. The molecule has 16 heteroatoms. The van der Waals surface area contributed by atoms with E-state index in [2.05, 4.69) is 20.6 Å². The number of hydrogen-bond donors (Lipinski definition) is 1. The Morgan fingerprint density at radius 3 is 1.87 bits per heavy atom. The maximum Gasteiger partial charge on any atom is 0.374 e. The highest BCUT2D eigenvalue weighted by molar-refractivity contribution is 8.28. The van der Waals surface area contributed by atoms with Crippen LogP contribution in [0.25, 0.3) is 11.0 Å². The monoisotopic (exact) mass is 685 g/mol. The lowest BCUT2D eigenvalue weighted by atomic mass is 10.3. The van der Waals surface area contributed by atoms with Crippen LogP contribution in [0.3, 0.4) is 0 Å². The van der Waals surface area contributed by atoms with Crippen LogP contribution in [-0.4, -0.2) is 56.2 Å². The summed E-state index contributed by atoms with van der Waals surface area (Å²) in [6.07, 6.45) is 0.924. The summed E-state index contributed by atoms with van der Waals surface area (Å²) in [5.74, 6) is -2.32. The van der Waals surface area contributed by atoms with Gasteiger partial charge in [0.05, 0.1) is 20.7 Å². The van der Waals surface area contributed by atoms with Crippen LogP contribution in [0.15, 0.2) is 89.9 Å². The van der Waals surface area contributed by atoms with E-state index in [0.29, 0.717) is 25.3 Å². The summed E-state index contributed by atoms with van der Waals surface area (Å²) < 4.78 is 11.4. The maximum absolute atomic E-state index is 12.5. The zero-order valence-electron chi connectivity index (χ0n) is 24.4. The number of benzene rings is 1. The summed E-state index contributed by atoms with van der Waals surface area (Å²) >= 11 is 5.18. The van der Waals surface area contributed by atoms with Crippen molar-refractivity contribution in [3.8, 4) is 0 Å². The molecule has 234 valence electrons. The summed E-state index contributed by atoms with van der Waals surface area (Å²) in [5.41, 5.74) is 0.963. The Morgan fingerprint density at radius 2 is 1.29 bits per heavy atom. The first kappa shape index (κ1) is 33.9. The fourth-order valence-corrected chi connectivity index (χ4v) is 7.02. The van der Waals surface area contributed by atoms with Crippen LogP contribution in [-0.2, 0) is 28.7 Å². The number of nitrogens with zero attached hydrogens (tertiary/aromatic N) is 4.